The fraction of sp³-hybridized carbons (Fsp3) is 0.786. The molecule has 0 aliphatic rings. The van der Waals surface area contributed by atoms with Crippen molar-refractivity contribution in [2.24, 2.45) is 0 Å². The largest absolute Gasteiger partial charge is 0.467 e. The van der Waals surface area contributed by atoms with Crippen molar-refractivity contribution < 1.29 is 37.7 Å². The van der Waals surface area contributed by atoms with Crippen LogP contribution in [-0.2, 0) is 28.5 Å². The molecule has 0 aromatic heterocycles. The minimum Gasteiger partial charge on any atom is -0.467 e. The Morgan fingerprint density at radius 1 is 1.09 bits per heavy atom. The first kappa shape index (κ1) is 21.1. The van der Waals surface area contributed by atoms with E-state index in [1.54, 1.807) is 20.8 Å². The summed E-state index contributed by atoms with van der Waals surface area (Å²) in [5.74, 6) is -1.59. The number of rotatable bonds is 8. The van der Waals surface area contributed by atoms with Gasteiger partial charge in [0.05, 0.1) is 20.8 Å². The number of methoxy groups -OCH3 is 2. The van der Waals surface area contributed by atoms with Gasteiger partial charge in [0, 0.05) is 6.42 Å². The van der Waals surface area contributed by atoms with Gasteiger partial charge in [0.1, 0.15) is 18.3 Å². The molecular weight excluding hydrogens is 312 g/mol. The predicted octanol–water partition coefficient (Wildman–Crippen LogP) is 0.970. The fourth-order valence-corrected chi connectivity index (χ4v) is 1.57. The number of amides is 1. The molecule has 0 rings (SSSR count). The van der Waals surface area contributed by atoms with Crippen molar-refractivity contribution in [2.75, 3.05) is 27.5 Å². The summed E-state index contributed by atoms with van der Waals surface area (Å²) in [6.07, 6.45) is -2.37. The van der Waals surface area contributed by atoms with E-state index >= 15 is 0 Å². The van der Waals surface area contributed by atoms with E-state index in [2.05, 4.69) is 14.8 Å². The molecule has 0 aliphatic heterocycles. The maximum atomic E-state index is 12.2. The average Bonchev–Trinajstić information content (AvgIpc) is 2.46. The molecule has 0 saturated carbocycles. The van der Waals surface area contributed by atoms with Gasteiger partial charge in [0.15, 0.2) is 6.10 Å². The average molecular weight is 336 g/mol. The summed E-state index contributed by atoms with van der Waals surface area (Å²) in [5.41, 5.74) is -0.767. The molecule has 2 atom stereocenters. The first-order valence-electron chi connectivity index (χ1n) is 6.97. The monoisotopic (exact) mass is 336 g/mol. The first-order chi connectivity index (χ1) is 10.6. The van der Waals surface area contributed by atoms with Crippen molar-refractivity contribution in [1.82, 2.24) is 5.32 Å². The Balaban J connectivity index is 4.96. The van der Waals surface area contributed by atoms with Crippen molar-refractivity contribution in [1.29, 1.82) is 0 Å². The molecule has 1 N–H and O–H groups in total. The Labute approximate surface area is 134 Å². The van der Waals surface area contributed by atoms with Gasteiger partial charge in [-0.15, -0.1) is 0 Å². The Morgan fingerprint density at radius 3 is 2.09 bits per heavy atom. The lowest BCUT2D eigenvalue weighted by molar-refractivity contribution is -0.156. The molecule has 8 nitrogen and oxygen atoms in total. The molecule has 0 heterocycles. The molecule has 23 heavy (non-hydrogen) atoms. The van der Waals surface area contributed by atoms with E-state index in [1.807, 2.05) is 0 Å². The molecule has 0 fully saturated rings. The van der Waals surface area contributed by atoms with Gasteiger partial charge in [-0.1, -0.05) is 0 Å². The maximum Gasteiger partial charge on any atom is 0.408 e. The summed E-state index contributed by atoms with van der Waals surface area (Å²) in [5, 5.41) is 2.29. The second-order valence-corrected chi connectivity index (χ2v) is 5.53. The second-order valence-electron chi connectivity index (χ2n) is 5.53. The number of alkyl halides is 1. The smallest absolute Gasteiger partial charge is 0.408 e. The fourth-order valence-electron chi connectivity index (χ4n) is 1.57. The minimum absolute atomic E-state index is 0.279. The summed E-state index contributed by atoms with van der Waals surface area (Å²) < 4.78 is 31.4. The lowest BCUT2D eigenvalue weighted by atomic mass is 10.1. The molecule has 0 aliphatic carbocycles. The van der Waals surface area contributed by atoms with E-state index in [0.717, 1.165) is 14.2 Å². The number of carbonyl (C=O) groups excluding carboxylic acids is 3. The Morgan fingerprint density at radius 2 is 1.65 bits per heavy atom. The SMILES string of the molecule is COC(=O)C(CC(OCC[18F])C(=O)OC)NC(=O)OC(C)(C)C. The van der Waals surface area contributed by atoms with Crippen LogP contribution < -0.4 is 5.32 Å². The Bertz CT molecular complexity index is 408. The highest BCUT2D eigenvalue weighted by Gasteiger charge is 2.31. The number of carbonyl (C=O) groups is 3. The number of alkyl carbamates (subject to hydrolysis) is 1. The summed E-state index contributed by atoms with van der Waals surface area (Å²) in [7, 11) is 2.25. The van der Waals surface area contributed by atoms with Gasteiger partial charge >= 0.3 is 18.0 Å². The van der Waals surface area contributed by atoms with E-state index < -0.39 is 42.5 Å². The lowest BCUT2D eigenvalue weighted by Crippen LogP contribution is -2.47. The highest BCUT2D eigenvalue weighted by molar-refractivity contribution is 5.83. The van der Waals surface area contributed by atoms with Crippen molar-refractivity contribution in [3.8, 4) is 0 Å². The summed E-state index contributed by atoms with van der Waals surface area (Å²) >= 11 is 0. The third-order valence-corrected chi connectivity index (χ3v) is 2.49. The predicted molar refractivity (Wildman–Crippen MR) is 77.5 cm³/mol. The third-order valence-electron chi connectivity index (χ3n) is 2.49. The summed E-state index contributed by atoms with van der Waals surface area (Å²) in [4.78, 5) is 35.1. The topological polar surface area (TPSA) is 100 Å². The van der Waals surface area contributed by atoms with Crippen LogP contribution in [0, 0.1) is 0 Å². The number of nitrogens with one attached hydrogen (secondary N) is 1. The van der Waals surface area contributed by atoms with Crippen LogP contribution in [0.1, 0.15) is 27.2 Å². The Hall–Kier alpha value is -1.90. The molecule has 0 aromatic rings. The van der Waals surface area contributed by atoms with E-state index in [9.17, 15) is 18.8 Å². The van der Waals surface area contributed by atoms with Crippen molar-refractivity contribution in [3.63, 3.8) is 0 Å². The zero-order valence-electron chi connectivity index (χ0n) is 14.0. The third kappa shape index (κ3) is 8.97. The van der Waals surface area contributed by atoms with Crippen molar-refractivity contribution in [3.05, 3.63) is 0 Å². The maximum absolute atomic E-state index is 12.2. The normalized spacial score (nSPS) is 13.7. The molecule has 9 heteroatoms. The van der Waals surface area contributed by atoms with Gasteiger partial charge < -0.3 is 24.3 Å². The molecule has 1 amide bonds. The minimum atomic E-state index is -1.23. The second kappa shape index (κ2) is 9.98. The molecule has 0 aromatic carbocycles. The molecule has 0 saturated heterocycles. The van der Waals surface area contributed by atoms with E-state index in [4.69, 9.17) is 9.47 Å². The van der Waals surface area contributed by atoms with E-state index in [-0.39, 0.29) is 13.0 Å². The van der Waals surface area contributed by atoms with E-state index in [0.29, 0.717) is 0 Å². The Kier molecular flexibility index (Phi) is 9.16. The molecule has 0 spiro atoms. The molecule has 134 valence electrons. The number of hydrogen-bond donors (Lipinski definition) is 1. The van der Waals surface area contributed by atoms with Crippen molar-refractivity contribution in [2.45, 2.75) is 44.9 Å². The van der Waals surface area contributed by atoms with Crippen LogP contribution in [0.2, 0.25) is 0 Å². The van der Waals surface area contributed by atoms with Gasteiger partial charge in [0.25, 0.3) is 0 Å². The highest BCUT2D eigenvalue weighted by atomic mass is 18.2. The van der Waals surface area contributed by atoms with Crippen LogP contribution >= 0.6 is 0 Å². The number of hydrogen-bond acceptors (Lipinski definition) is 7. The first-order valence-corrected chi connectivity index (χ1v) is 6.97. The van der Waals surface area contributed by atoms with Gasteiger partial charge in [-0.25, -0.2) is 18.8 Å². The van der Waals surface area contributed by atoms with Crippen LogP contribution in [0.3, 0.4) is 0 Å². The molecule has 2 unspecified atom stereocenters. The number of ether oxygens (including phenoxy) is 4. The summed E-state index contributed by atoms with van der Waals surface area (Å²) in [6.45, 7) is 3.81. The van der Waals surface area contributed by atoms with Crippen LogP contribution in [0.5, 0.6) is 0 Å². The van der Waals surface area contributed by atoms with Gasteiger partial charge in [-0.05, 0) is 20.8 Å². The van der Waals surface area contributed by atoms with E-state index in [1.165, 1.54) is 0 Å². The zero-order valence-corrected chi connectivity index (χ0v) is 14.0. The highest BCUT2D eigenvalue weighted by Crippen LogP contribution is 2.10. The quantitative estimate of drug-likeness (QED) is 0.521. The van der Waals surface area contributed by atoms with Crippen molar-refractivity contribution >= 4 is 18.0 Å². The van der Waals surface area contributed by atoms with Crippen LogP contribution in [0.25, 0.3) is 0 Å². The standard InChI is InChI=1S/C14H24FNO7/c1-14(2,3)23-13(19)16-9(11(17)20-4)8-10(12(18)21-5)22-7-6-15/h9-10H,6-8H2,1-5H3,(H,16,19)/i15-1. The zero-order chi connectivity index (χ0) is 18.0. The van der Waals surface area contributed by atoms with Crippen LogP contribution in [0.15, 0.2) is 0 Å². The molecule has 0 bridgehead atoms. The van der Waals surface area contributed by atoms with Crippen LogP contribution in [-0.4, -0.2) is 63.3 Å². The molecule has 0 radical (unpaired) electrons. The lowest BCUT2D eigenvalue weighted by Gasteiger charge is -2.24. The van der Waals surface area contributed by atoms with Crippen LogP contribution in [0.4, 0.5) is 9.18 Å². The summed E-state index contributed by atoms with van der Waals surface area (Å²) in [6, 6.07) is -1.21. The van der Waals surface area contributed by atoms with Gasteiger partial charge in [0.2, 0.25) is 0 Å². The number of esters is 2. The number of halogens is 1. The molecular formula is C14H24FNO7. The van der Waals surface area contributed by atoms with Gasteiger partial charge in [-0.2, -0.15) is 0 Å². The van der Waals surface area contributed by atoms with Gasteiger partial charge in [-0.3, -0.25) is 0 Å².